The number of nitriles is 1. The van der Waals surface area contributed by atoms with Crippen LogP contribution in [-0.4, -0.2) is 29.9 Å². The van der Waals surface area contributed by atoms with Crippen LogP contribution in [0, 0.1) is 23.2 Å². The summed E-state index contributed by atoms with van der Waals surface area (Å²) >= 11 is 0. The van der Waals surface area contributed by atoms with E-state index < -0.39 is 0 Å². The zero-order valence-electron chi connectivity index (χ0n) is 13.8. The highest BCUT2D eigenvalue weighted by Gasteiger charge is 2.34. The molecule has 1 amide bonds. The summed E-state index contributed by atoms with van der Waals surface area (Å²) in [5.74, 6) is 1.62. The highest BCUT2D eigenvalue weighted by atomic mass is 16.2. The van der Waals surface area contributed by atoms with Crippen molar-refractivity contribution >= 4 is 11.6 Å². The van der Waals surface area contributed by atoms with Gasteiger partial charge in [0, 0.05) is 6.54 Å². The van der Waals surface area contributed by atoms with Crippen LogP contribution in [0.2, 0.25) is 0 Å². The number of anilines is 1. The number of piperidine rings is 1. The topological polar surface area (TPSA) is 56.1 Å². The number of nitrogens with zero attached hydrogens (tertiary/aromatic N) is 2. The Hall–Kier alpha value is -1.86. The van der Waals surface area contributed by atoms with E-state index in [0.29, 0.717) is 11.3 Å². The van der Waals surface area contributed by atoms with Crippen LogP contribution in [0.5, 0.6) is 0 Å². The Morgan fingerprint density at radius 2 is 2.00 bits per heavy atom. The van der Waals surface area contributed by atoms with Gasteiger partial charge in [-0.3, -0.25) is 9.69 Å². The van der Waals surface area contributed by atoms with Gasteiger partial charge in [0.15, 0.2) is 0 Å². The monoisotopic (exact) mass is 311 g/mol. The first-order chi connectivity index (χ1) is 11.2. The Bertz CT molecular complexity index is 607. The molecule has 1 N–H and O–H groups in total. The first kappa shape index (κ1) is 16.0. The van der Waals surface area contributed by atoms with E-state index in [2.05, 4.69) is 16.3 Å². The van der Waals surface area contributed by atoms with Crippen molar-refractivity contribution in [2.24, 2.45) is 11.8 Å². The van der Waals surface area contributed by atoms with Gasteiger partial charge in [-0.2, -0.15) is 5.26 Å². The molecule has 0 radical (unpaired) electrons. The molecule has 0 bridgehead atoms. The quantitative estimate of drug-likeness (QED) is 0.931. The second-order valence-electron chi connectivity index (χ2n) is 6.91. The van der Waals surface area contributed by atoms with Gasteiger partial charge in [-0.05, 0) is 50.3 Å². The van der Waals surface area contributed by atoms with Crippen molar-refractivity contribution in [2.75, 3.05) is 18.4 Å². The van der Waals surface area contributed by atoms with Crippen molar-refractivity contribution in [2.45, 2.75) is 45.1 Å². The maximum Gasteiger partial charge on any atom is 0.241 e. The van der Waals surface area contributed by atoms with E-state index in [9.17, 15) is 4.79 Å². The van der Waals surface area contributed by atoms with Gasteiger partial charge in [-0.15, -0.1) is 0 Å². The molecule has 0 unspecified atom stereocenters. The lowest BCUT2D eigenvalue weighted by Crippen LogP contribution is -2.50. The predicted molar refractivity (Wildman–Crippen MR) is 90.9 cm³/mol. The average Bonchev–Trinajstić information content (AvgIpc) is 2.61. The summed E-state index contributed by atoms with van der Waals surface area (Å²) in [7, 11) is 0. The van der Waals surface area contributed by atoms with Gasteiger partial charge in [0.05, 0.1) is 17.3 Å². The number of para-hydroxylation sites is 1. The van der Waals surface area contributed by atoms with Crippen molar-refractivity contribution in [1.82, 2.24) is 4.90 Å². The fraction of sp³-hybridized carbons (Fsp3) is 0.579. The molecule has 1 aliphatic heterocycles. The Morgan fingerprint density at radius 3 is 2.78 bits per heavy atom. The third-order valence-electron chi connectivity index (χ3n) is 5.56. The number of likely N-dealkylation sites (tertiary alicyclic amines) is 1. The summed E-state index contributed by atoms with van der Waals surface area (Å²) in [5.41, 5.74) is 1.12. The second kappa shape index (κ2) is 7.14. The summed E-state index contributed by atoms with van der Waals surface area (Å²) in [6.07, 6.45) is 6.62. The zero-order chi connectivity index (χ0) is 16.2. The minimum atomic E-state index is -0.148. The molecule has 122 valence electrons. The maximum atomic E-state index is 12.6. The number of benzene rings is 1. The van der Waals surface area contributed by atoms with Crippen LogP contribution >= 0.6 is 0 Å². The third-order valence-corrected chi connectivity index (χ3v) is 5.56. The maximum absolute atomic E-state index is 12.6. The summed E-state index contributed by atoms with van der Waals surface area (Å²) in [5, 5.41) is 12.1. The minimum absolute atomic E-state index is 0.0121. The summed E-state index contributed by atoms with van der Waals surface area (Å²) in [4.78, 5) is 14.9. The lowest BCUT2D eigenvalue weighted by atomic mass is 9.75. The fourth-order valence-corrected chi connectivity index (χ4v) is 4.07. The number of fused-ring (bicyclic) bond motifs is 1. The number of rotatable bonds is 3. The number of carbonyl (C=O) groups excluding carboxylic acids is 1. The molecule has 1 aliphatic carbocycles. The molecule has 4 heteroatoms. The molecule has 2 aliphatic rings. The predicted octanol–water partition coefficient (Wildman–Crippen LogP) is 3.40. The van der Waals surface area contributed by atoms with E-state index in [-0.39, 0.29) is 11.9 Å². The Morgan fingerprint density at radius 1 is 1.26 bits per heavy atom. The highest BCUT2D eigenvalue weighted by Crippen LogP contribution is 2.36. The molecule has 4 nitrogen and oxygen atoms in total. The lowest BCUT2D eigenvalue weighted by molar-refractivity contribution is -0.122. The molecule has 3 atom stereocenters. The molecule has 1 saturated carbocycles. The van der Waals surface area contributed by atoms with Gasteiger partial charge < -0.3 is 5.32 Å². The molecule has 23 heavy (non-hydrogen) atoms. The lowest BCUT2D eigenvalue weighted by Gasteiger charge is -2.43. The van der Waals surface area contributed by atoms with Gasteiger partial charge in [0.1, 0.15) is 6.07 Å². The van der Waals surface area contributed by atoms with E-state index in [1.54, 1.807) is 12.1 Å². The molecular formula is C19H25N3O. The molecule has 1 heterocycles. The number of nitrogens with one attached hydrogen (secondary N) is 1. The van der Waals surface area contributed by atoms with Crippen LogP contribution in [-0.2, 0) is 4.79 Å². The fourth-order valence-electron chi connectivity index (χ4n) is 4.07. The van der Waals surface area contributed by atoms with Crippen molar-refractivity contribution in [1.29, 1.82) is 5.26 Å². The van der Waals surface area contributed by atoms with Crippen molar-refractivity contribution in [3.8, 4) is 6.07 Å². The summed E-state index contributed by atoms with van der Waals surface area (Å²) in [6.45, 7) is 4.03. The number of hydrogen-bond donors (Lipinski definition) is 1. The second-order valence-corrected chi connectivity index (χ2v) is 6.91. The van der Waals surface area contributed by atoms with Crippen LogP contribution in [0.1, 0.15) is 44.6 Å². The van der Waals surface area contributed by atoms with Gasteiger partial charge in [0.2, 0.25) is 5.91 Å². The first-order valence-electron chi connectivity index (χ1n) is 8.73. The van der Waals surface area contributed by atoms with Crippen molar-refractivity contribution < 1.29 is 4.79 Å². The van der Waals surface area contributed by atoms with Gasteiger partial charge in [-0.1, -0.05) is 31.4 Å². The SMILES string of the molecule is C[C@H](C(=O)Nc1ccccc1C#N)N1CC[C@@H]2CCCC[C@@H]2C1. The van der Waals surface area contributed by atoms with Gasteiger partial charge in [-0.25, -0.2) is 0 Å². The molecule has 1 aromatic carbocycles. The molecule has 1 saturated heterocycles. The number of amides is 1. The Balaban J connectivity index is 1.62. The largest absolute Gasteiger partial charge is 0.324 e. The van der Waals surface area contributed by atoms with Crippen LogP contribution in [0.25, 0.3) is 0 Å². The normalized spacial score (nSPS) is 25.9. The van der Waals surface area contributed by atoms with Crippen LogP contribution < -0.4 is 5.32 Å². The smallest absolute Gasteiger partial charge is 0.241 e. The van der Waals surface area contributed by atoms with Crippen molar-refractivity contribution in [3.63, 3.8) is 0 Å². The van der Waals surface area contributed by atoms with Crippen LogP contribution in [0.4, 0.5) is 5.69 Å². The van der Waals surface area contributed by atoms with E-state index in [0.717, 1.165) is 24.9 Å². The molecule has 2 fully saturated rings. The van der Waals surface area contributed by atoms with E-state index in [1.807, 2.05) is 19.1 Å². The molecular weight excluding hydrogens is 286 g/mol. The third kappa shape index (κ3) is 3.56. The summed E-state index contributed by atoms with van der Waals surface area (Å²) < 4.78 is 0. The standard InChI is InChI=1S/C19H25N3O/c1-14(19(23)21-18-9-5-4-7-16(18)12-20)22-11-10-15-6-2-3-8-17(15)13-22/h4-5,7,9,14-15,17H,2-3,6,8,10-11,13H2,1H3,(H,21,23)/t14-,15+,17-/m1/s1. The minimum Gasteiger partial charge on any atom is -0.324 e. The van der Waals surface area contributed by atoms with Crippen LogP contribution in [0.3, 0.4) is 0 Å². The summed E-state index contributed by atoms with van der Waals surface area (Å²) in [6, 6.07) is 9.15. The number of hydrogen-bond acceptors (Lipinski definition) is 3. The average molecular weight is 311 g/mol. The Labute approximate surface area is 138 Å². The van der Waals surface area contributed by atoms with E-state index >= 15 is 0 Å². The molecule has 0 aromatic heterocycles. The molecule has 1 aromatic rings. The molecule has 3 rings (SSSR count). The van der Waals surface area contributed by atoms with E-state index in [4.69, 9.17) is 5.26 Å². The van der Waals surface area contributed by atoms with Crippen molar-refractivity contribution in [3.05, 3.63) is 29.8 Å². The van der Waals surface area contributed by atoms with Crippen LogP contribution in [0.15, 0.2) is 24.3 Å². The number of carbonyl (C=O) groups is 1. The molecule has 0 spiro atoms. The van der Waals surface area contributed by atoms with Gasteiger partial charge >= 0.3 is 0 Å². The Kier molecular flexibility index (Phi) is 4.97. The highest BCUT2D eigenvalue weighted by molar-refractivity contribution is 5.95. The zero-order valence-corrected chi connectivity index (χ0v) is 13.8. The first-order valence-corrected chi connectivity index (χ1v) is 8.73. The van der Waals surface area contributed by atoms with E-state index in [1.165, 1.54) is 32.1 Å². The van der Waals surface area contributed by atoms with Gasteiger partial charge in [0.25, 0.3) is 0 Å².